The summed E-state index contributed by atoms with van der Waals surface area (Å²) in [5.74, 6) is 0. The van der Waals surface area contributed by atoms with Gasteiger partial charge in [0.05, 0.1) is 27.6 Å². The van der Waals surface area contributed by atoms with Crippen LogP contribution in [0.5, 0.6) is 0 Å². The molecule has 0 aliphatic heterocycles. The maximum Gasteiger partial charge on any atom is 0.137 e. The topological polar surface area (TPSA) is 20.8 Å². The van der Waals surface area contributed by atoms with E-state index in [0.717, 1.165) is 44.5 Å². The summed E-state index contributed by atoms with van der Waals surface area (Å²) < 4.78 is 9.19. The number of rotatable bonds is 4. The van der Waals surface area contributed by atoms with E-state index in [1.165, 1.54) is 65.3 Å². The molecule has 0 fully saturated rings. The molecular formula is C50H30N2O. The second kappa shape index (κ2) is 10.7. The Balaban J connectivity index is 1.22. The van der Waals surface area contributed by atoms with Gasteiger partial charge in [0.2, 0.25) is 0 Å². The largest absolute Gasteiger partial charge is 0.456 e. The molecule has 0 aliphatic rings. The summed E-state index contributed by atoms with van der Waals surface area (Å²) in [7, 11) is 0. The van der Waals surface area contributed by atoms with Gasteiger partial charge in [-0.3, -0.25) is 0 Å². The third-order valence-electron chi connectivity index (χ3n) is 11.3. The molecule has 3 aromatic heterocycles. The number of hydrogen-bond donors (Lipinski definition) is 0. The number of aromatic nitrogens is 1. The lowest BCUT2D eigenvalue weighted by molar-refractivity contribution is 0.669. The number of nitrogens with zero attached hydrogens (tertiary/aromatic N) is 2. The molecule has 0 N–H and O–H groups in total. The highest BCUT2D eigenvalue weighted by molar-refractivity contribution is 6.31. The minimum absolute atomic E-state index is 0.884. The van der Waals surface area contributed by atoms with Crippen LogP contribution in [0.3, 0.4) is 0 Å². The highest BCUT2D eigenvalue weighted by atomic mass is 16.3. The van der Waals surface area contributed by atoms with E-state index in [9.17, 15) is 0 Å². The second-order valence-corrected chi connectivity index (χ2v) is 14.1. The minimum atomic E-state index is 0.884. The summed E-state index contributed by atoms with van der Waals surface area (Å²) in [6.07, 6.45) is 0. The van der Waals surface area contributed by atoms with Crippen molar-refractivity contribution >= 4 is 98.6 Å². The van der Waals surface area contributed by atoms with Crippen LogP contribution in [0.1, 0.15) is 0 Å². The molecule has 0 amide bonds. The van der Waals surface area contributed by atoms with Crippen LogP contribution in [0.2, 0.25) is 0 Å². The van der Waals surface area contributed by atoms with Crippen LogP contribution in [0.15, 0.2) is 186 Å². The van der Waals surface area contributed by atoms with Crippen LogP contribution >= 0.6 is 0 Å². The highest BCUT2D eigenvalue weighted by Crippen LogP contribution is 2.48. The van der Waals surface area contributed by atoms with Crippen LogP contribution in [0.25, 0.3) is 92.7 Å². The molecule has 0 saturated heterocycles. The lowest BCUT2D eigenvalue weighted by Crippen LogP contribution is -2.11. The average Bonchev–Trinajstić information content (AvgIpc) is 3.73. The quantitative estimate of drug-likeness (QED) is 0.185. The number of fused-ring (bicyclic) bond motifs is 7. The van der Waals surface area contributed by atoms with Gasteiger partial charge in [-0.25, -0.2) is 0 Å². The zero-order valence-corrected chi connectivity index (χ0v) is 28.6. The lowest BCUT2D eigenvalue weighted by atomic mass is 9.98. The van der Waals surface area contributed by atoms with E-state index >= 15 is 0 Å². The van der Waals surface area contributed by atoms with E-state index in [4.69, 9.17) is 4.42 Å². The maximum atomic E-state index is 6.68. The second-order valence-electron chi connectivity index (χ2n) is 14.1. The van der Waals surface area contributed by atoms with Crippen molar-refractivity contribution in [1.29, 1.82) is 0 Å². The first-order valence-electron chi connectivity index (χ1n) is 18.2. The predicted octanol–water partition coefficient (Wildman–Crippen LogP) is 14.2. The van der Waals surface area contributed by atoms with E-state index in [2.05, 4.69) is 191 Å². The van der Waals surface area contributed by atoms with Crippen LogP contribution in [0.4, 0.5) is 17.1 Å². The molecule has 0 bridgehead atoms. The molecule has 246 valence electrons. The van der Waals surface area contributed by atoms with Crippen molar-refractivity contribution in [1.82, 2.24) is 4.40 Å². The number of anilines is 3. The zero-order chi connectivity index (χ0) is 34.6. The van der Waals surface area contributed by atoms with Crippen molar-refractivity contribution in [2.24, 2.45) is 0 Å². The molecule has 3 heteroatoms. The maximum absolute atomic E-state index is 6.68. The van der Waals surface area contributed by atoms with Crippen molar-refractivity contribution < 1.29 is 4.42 Å². The molecule has 3 nitrogen and oxygen atoms in total. The summed E-state index contributed by atoms with van der Waals surface area (Å²) in [4.78, 5) is 2.43. The minimum Gasteiger partial charge on any atom is -0.456 e. The summed E-state index contributed by atoms with van der Waals surface area (Å²) in [6.45, 7) is 0. The summed E-state index contributed by atoms with van der Waals surface area (Å²) in [6, 6.07) is 66.1. The fourth-order valence-electron chi connectivity index (χ4n) is 8.99. The SMILES string of the molecule is c1ccc2cc(N(c3ccc(-c4cccc5ccccc45)cc3)c3ccc4oc5cccc6c7cccc8c9ccccc9n(c3c4c56)c78)ccc2c1. The molecule has 0 atom stereocenters. The van der Waals surface area contributed by atoms with Crippen molar-refractivity contribution in [2.75, 3.05) is 4.90 Å². The molecule has 0 spiro atoms. The van der Waals surface area contributed by atoms with Crippen molar-refractivity contribution in [3.05, 3.63) is 182 Å². The standard InChI is InChI=1S/C50H30N2O/c1-2-12-34-30-36(27-22-31(34)10-1)51(35-25-23-33(24-26-35)38-16-7-13-32-11-3-4-14-37(32)38)44-28-29-46-48-47-40(17-9-21-45(47)53-46)42-19-8-18-41-39-15-5-6-20-43(39)52(49(41)42)50(44)48/h1-30H. The van der Waals surface area contributed by atoms with Crippen LogP contribution in [0, 0.1) is 0 Å². The van der Waals surface area contributed by atoms with Gasteiger partial charge in [0, 0.05) is 32.9 Å². The van der Waals surface area contributed by atoms with E-state index in [-0.39, 0.29) is 0 Å². The van der Waals surface area contributed by atoms with E-state index in [0.29, 0.717) is 0 Å². The molecule has 0 aliphatic carbocycles. The lowest BCUT2D eigenvalue weighted by Gasteiger charge is -2.27. The Bertz CT molecular complexity index is 3400. The zero-order valence-electron chi connectivity index (χ0n) is 28.6. The smallest absolute Gasteiger partial charge is 0.137 e. The predicted molar refractivity (Wildman–Crippen MR) is 224 cm³/mol. The van der Waals surface area contributed by atoms with Gasteiger partial charge in [-0.15, -0.1) is 0 Å². The van der Waals surface area contributed by atoms with Gasteiger partial charge in [0.25, 0.3) is 0 Å². The van der Waals surface area contributed by atoms with Gasteiger partial charge in [-0.2, -0.15) is 0 Å². The normalized spacial score (nSPS) is 12.2. The number of benzene rings is 9. The van der Waals surface area contributed by atoms with Crippen LogP contribution < -0.4 is 4.90 Å². The first-order chi connectivity index (χ1) is 26.3. The Morgan fingerprint density at radius 1 is 0.396 bits per heavy atom. The molecule has 9 aromatic carbocycles. The third kappa shape index (κ3) is 3.99. The first-order valence-corrected chi connectivity index (χ1v) is 18.2. The van der Waals surface area contributed by atoms with Crippen LogP contribution in [-0.2, 0) is 0 Å². The van der Waals surface area contributed by atoms with Gasteiger partial charge in [0.1, 0.15) is 11.2 Å². The van der Waals surface area contributed by atoms with Gasteiger partial charge in [-0.1, -0.05) is 133 Å². The summed E-state index contributed by atoms with van der Waals surface area (Å²) in [5.41, 5.74) is 11.0. The molecule has 0 saturated carbocycles. The highest BCUT2D eigenvalue weighted by Gasteiger charge is 2.25. The van der Waals surface area contributed by atoms with E-state index < -0.39 is 0 Å². The van der Waals surface area contributed by atoms with Crippen molar-refractivity contribution in [3.63, 3.8) is 0 Å². The number of hydrogen-bond acceptors (Lipinski definition) is 2. The van der Waals surface area contributed by atoms with E-state index in [1.807, 2.05) is 0 Å². The van der Waals surface area contributed by atoms with Crippen molar-refractivity contribution in [2.45, 2.75) is 0 Å². The Labute approximate surface area is 304 Å². The summed E-state index contributed by atoms with van der Waals surface area (Å²) >= 11 is 0. The fraction of sp³-hybridized carbons (Fsp3) is 0. The number of furan rings is 1. The third-order valence-corrected chi connectivity index (χ3v) is 11.3. The average molecular weight is 675 g/mol. The first kappa shape index (κ1) is 28.6. The fourth-order valence-corrected chi connectivity index (χ4v) is 8.99. The van der Waals surface area contributed by atoms with Crippen molar-refractivity contribution in [3.8, 4) is 11.1 Å². The van der Waals surface area contributed by atoms with Gasteiger partial charge in [-0.05, 0) is 86.6 Å². The Hall–Kier alpha value is -7.10. The Morgan fingerprint density at radius 2 is 1.04 bits per heavy atom. The van der Waals surface area contributed by atoms with Gasteiger partial charge < -0.3 is 13.7 Å². The molecule has 0 unspecified atom stereocenters. The van der Waals surface area contributed by atoms with Crippen LogP contribution in [-0.4, -0.2) is 4.40 Å². The Kier molecular flexibility index (Phi) is 5.77. The molecule has 3 heterocycles. The monoisotopic (exact) mass is 674 g/mol. The van der Waals surface area contributed by atoms with Gasteiger partial charge in [0.15, 0.2) is 0 Å². The summed E-state index contributed by atoms with van der Waals surface area (Å²) in [5, 5.41) is 12.1. The van der Waals surface area contributed by atoms with Gasteiger partial charge >= 0.3 is 0 Å². The molecular weight excluding hydrogens is 645 g/mol. The number of para-hydroxylation sites is 2. The molecule has 53 heavy (non-hydrogen) atoms. The van der Waals surface area contributed by atoms with E-state index in [1.54, 1.807) is 0 Å². The molecule has 0 radical (unpaired) electrons. The molecule has 12 aromatic rings. The Morgan fingerprint density at radius 3 is 1.92 bits per heavy atom. The molecule has 12 rings (SSSR count).